The fourth-order valence-electron chi connectivity index (χ4n) is 4.15. The van der Waals surface area contributed by atoms with Crippen LogP contribution in [0.15, 0.2) is 85.5 Å². The molecule has 0 radical (unpaired) electrons. The van der Waals surface area contributed by atoms with Crippen LogP contribution in [-0.2, 0) is 17.6 Å². The molecule has 3 N–H and O–H groups in total. The Labute approximate surface area is 253 Å². The van der Waals surface area contributed by atoms with E-state index in [1.165, 1.54) is 19.5 Å². The summed E-state index contributed by atoms with van der Waals surface area (Å²) in [5.41, 5.74) is 9.09. The molecule has 0 spiro atoms. The molecule has 0 aliphatic carbocycles. The molecule has 0 saturated heterocycles. The number of hydrogen-bond acceptors (Lipinski definition) is 8. The number of ether oxygens (including phenoxy) is 3. The standard InChI is InChI=1S/C16H17ClN2O3.C15H13ClN2O2/c1-21-16(20)14-6-7-19-9-15(14)22-10-13(18)8-11-2-4-12(17)5-3-11;16-11-3-1-10(2-4-11)7-12-9-20-14-8-17-6-5-13(14)15(19)18-12/h2-7,9,13H,8,10,18H2,1H3;1-6,8,12H,7,9H2,(H,18,19). The fraction of sp³-hybridized carbons (Fsp3) is 0.226. The van der Waals surface area contributed by atoms with Crippen molar-refractivity contribution in [2.24, 2.45) is 5.73 Å². The van der Waals surface area contributed by atoms with Gasteiger partial charge in [0.25, 0.3) is 5.91 Å². The number of aromatic nitrogens is 2. The predicted molar refractivity (Wildman–Crippen MR) is 160 cm³/mol. The summed E-state index contributed by atoms with van der Waals surface area (Å²) in [7, 11) is 1.32. The number of nitrogens with two attached hydrogens (primary N) is 1. The zero-order chi connectivity index (χ0) is 29.9. The molecule has 0 saturated carbocycles. The van der Waals surface area contributed by atoms with Crippen molar-refractivity contribution in [1.82, 2.24) is 15.3 Å². The number of carbonyl (C=O) groups excluding carboxylic acids is 2. The van der Waals surface area contributed by atoms with Gasteiger partial charge in [0.1, 0.15) is 24.5 Å². The lowest BCUT2D eigenvalue weighted by Gasteiger charge is -2.15. The van der Waals surface area contributed by atoms with Gasteiger partial charge in [0.15, 0.2) is 5.75 Å². The first-order valence-electron chi connectivity index (χ1n) is 13.1. The maximum absolute atomic E-state index is 12.1. The van der Waals surface area contributed by atoms with Gasteiger partial charge in [-0.1, -0.05) is 47.5 Å². The quantitative estimate of drug-likeness (QED) is 0.269. The Kier molecular flexibility index (Phi) is 11.1. The van der Waals surface area contributed by atoms with Gasteiger partial charge in [0.05, 0.1) is 31.1 Å². The molecule has 11 heteroatoms. The van der Waals surface area contributed by atoms with E-state index in [-0.39, 0.29) is 24.6 Å². The summed E-state index contributed by atoms with van der Waals surface area (Å²) in [4.78, 5) is 31.7. The van der Waals surface area contributed by atoms with Gasteiger partial charge in [0, 0.05) is 28.5 Å². The minimum atomic E-state index is -0.469. The molecule has 5 rings (SSSR count). The van der Waals surface area contributed by atoms with Gasteiger partial charge < -0.3 is 25.3 Å². The third-order valence-corrected chi connectivity index (χ3v) is 6.76. The molecular weight excluding hydrogens is 579 g/mol. The lowest BCUT2D eigenvalue weighted by atomic mass is 10.1. The molecule has 42 heavy (non-hydrogen) atoms. The minimum absolute atomic E-state index is 0.0731. The number of amides is 1. The number of pyridine rings is 2. The van der Waals surface area contributed by atoms with Crippen LogP contribution in [0, 0.1) is 0 Å². The Hall–Kier alpha value is -4.18. The average Bonchev–Trinajstić information content (AvgIpc) is 3.16. The smallest absolute Gasteiger partial charge is 0.341 e. The van der Waals surface area contributed by atoms with Crippen molar-refractivity contribution in [2.45, 2.75) is 24.9 Å². The van der Waals surface area contributed by atoms with Crippen LogP contribution >= 0.6 is 23.2 Å². The normalized spacial score (nSPS) is 14.6. The number of hydrogen-bond donors (Lipinski definition) is 2. The average molecular weight is 610 g/mol. The summed E-state index contributed by atoms with van der Waals surface area (Å²) in [6.07, 6.45) is 7.48. The molecule has 2 unspecified atom stereocenters. The first kappa shape index (κ1) is 30.8. The van der Waals surface area contributed by atoms with Gasteiger partial charge in [-0.3, -0.25) is 14.8 Å². The number of halogens is 2. The third-order valence-electron chi connectivity index (χ3n) is 6.25. The van der Waals surface area contributed by atoms with Crippen LogP contribution in [0.5, 0.6) is 11.5 Å². The Bertz CT molecular complexity index is 1490. The van der Waals surface area contributed by atoms with E-state index in [9.17, 15) is 9.59 Å². The first-order valence-corrected chi connectivity index (χ1v) is 13.8. The van der Waals surface area contributed by atoms with Crippen molar-refractivity contribution in [3.8, 4) is 11.5 Å². The second-order valence-electron chi connectivity index (χ2n) is 9.45. The molecule has 4 aromatic rings. The molecule has 2 aromatic carbocycles. The number of methoxy groups -OCH3 is 1. The number of nitrogens with zero attached hydrogens (tertiary/aromatic N) is 2. The molecular formula is C31H30Cl2N4O5. The van der Waals surface area contributed by atoms with Crippen LogP contribution in [0.1, 0.15) is 31.8 Å². The van der Waals surface area contributed by atoms with Crippen LogP contribution in [-0.4, -0.2) is 54.3 Å². The van der Waals surface area contributed by atoms with Crippen molar-refractivity contribution in [2.75, 3.05) is 20.3 Å². The number of rotatable bonds is 8. The van der Waals surface area contributed by atoms with Crippen LogP contribution in [0.3, 0.4) is 0 Å². The highest BCUT2D eigenvalue weighted by Crippen LogP contribution is 2.21. The van der Waals surface area contributed by atoms with Crippen LogP contribution in [0.4, 0.5) is 0 Å². The molecule has 3 heterocycles. The number of fused-ring (bicyclic) bond motifs is 1. The van der Waals surface area contributed by atoms with E-state index in [1.807, 2.05) is 48.5 Å². The zero-order valence-corrected chi connectivity index (χ0v) is 24.3. The van der Waals surface area contributed by atoms with Gasteiger partial charge in [-0.15, -0.1) is 0 Å². The van der Waals surface area contributed by atoms with Gasteiger partial charge in [-0.05, 0) is 60.4 Å². The second-order valence-corrected chi connectivity index (χ2v) is 10.3. The molecule has 1 aliphatic rings. The monoisotopic (exact) mass is 608 g/mol. The van der Waals surface area contributed by atoms with E-state index in [0.29, 0.717) is 52.1 Å². The molecule has 218 valence electrons. The van der Waals surface area contributed by atoms with Gasteiger partial charge in [0.2, 0.25) is 0 Å². The highest BCUT2D eigenvalue weighted by atomic mass is 35.5. The number of esters is 1. The topological polar surface area (TPSA) is 126 Å². The lowest BCUT2D eigenvalue weighted by molar-refractivity contribution is 0.0595. The van der Waals surface area contributed by atoms with Gasteiger partial charge in [-0.25, -0.2) is 4.79 Å². The largest absolute Gasteiger partial charge is 0.489 e. The molecule has 1 aliphatic heterocycles. The van der Waals surface area contributed by atoms with Crippen molar-refractivity contribution >= 4 is 35.1 Å². The zero-order valence-electron chi connectivity index (χ0n) is 22.8. The summed E-state index contributed by atoms with van der Waals surface area (Å²) < 4.78 is 16.0. The maximum Gasteiger partial charge on any atom is 0.341 e. The Morgan fingerprint density at radius 2 is 1.64 bits per heavy atom. The Balaban J connectivity index is 0.000000193. The number of benzene rings is 2. The summed E-state index contributed by atoms with van der Waals surface area (Å²) >= 11 is 11.7. The van der Waals surface area contributed by atoms with E-state index in [4.69, 9.17) is 43.1 Å². The van der Waals surface area contributed by atoms with Crippen molar-refractivity contribution < 1.29 is 23.8 Å². The predicted octanol–water partition coefficient (Wildman–Crippen LogP) is 4.94. The highest BCUT2D eigenvalue weighted by Gasteiger charge is 2.23. The molecule has 0 fully saturated rings. The molecule has 9 nitrogen and oxygen atoms in total. The molecule has 0 bridgehead atoms. The number of carbonyl (C=O) groups is 2. The molecule has 2 atom stereocenters. The van der Waals surface area contributed by atoms with Gasteiger partial charge in [-0.2, -0.15) is 0 Å². The summed E-state index contributed by atoms with van der Waals surface area (Å²) in [6.45, 7) is 0.686. The first-order chi connectivity index (χ1) is 20.3. The SMILES string of the molecule is COC(=O)c1ccncc1OCC(N)Cc1ccc(Cl)cc1.O=C1NC(Cc2ccc(Cl)cc2)COc2cnccc21. The van der Waals surface area contributed by atoms with E-state index >= 15 is 0 Å². The van der Waals surface area contributed by atoms with Crippen LogP contribution in [0.25, 0.3) is 0 Å². The Morgan fingerprint density at radius 3 is 2.33 bits per heavy atom. The lowest BCUT2D eigenvalue weighted by Crippen LogP contribution is -2.38. The van der Waals surface area contributed by atoms with Crippen molar-refractivity contribution in [3.05, 3.63) is 118 Å². The van der Waals surface area contributed by atoms with E-state index in [2.05, 4.69) is 15.3 Å². The number of nitrogens with one attached hydrogen (secondary N) is 1. The van der Waals surface area contributed by atoms with Crippen LogP contribution in [0.2, 0.25) is 10.0 Å². The fourth-order valence-corrected chi connectivity index (χ4v) is 4.40. The third kappa shape index (κ3) is 8.91. The second kappa shape index (κ2) is 15.2. The van der Waals surface area contributed by atoms with E-state index < -0.39 is 5.97 Å². The van der Waals surface area contributed by atoms with Crippen molar-refractivity contribution in [3.63, 3.8) is 0 Å². The van der Waals surface area contributed by atoms with Gasteiger partial charge >= 0.3 is 5.97 Å². The molecule has 2 aromatic heterocycles. The molecule has 1 amide bonds. The van der Waals surface area contributed by atoms with E-state index in [1.54, 1.807) is 24.5 Å². The Morgan fingerprint density at radius 1 is 1.00 bits per heavy atom. The highest BCUT2D eigenvalue weighted by molar-refractivity contribution is 6.30. The summed E-state index contributed by atoms with van der Waals surface area (Å²) in [6, 6.07) is 18.0. The minimum Gasteiger partial charge on any atom is -0.489 e. The van der Waals surface area contributed by atoms with E-state index in [0.717, 1.165) is 11.1 Å². The van der Waals surface area contributed by atoms with Crippen LogP contribution < -0.4 is 20.5 Å². The van der Waals surface area contributed by atoms with Crippen molar-refractivity contribution in [1.29, 1.82) is 0 Å². The summed E-state index contributed by atoms with van der Waals surface area (Å²) in [5, 5.41) is 4.36. The maximum atomic E-state index is 12.1. The summed E-state index contributed by atoms with van der Waals surface area (Å²) in [5.74, 6) is 0.298.